The molecule has 0 spiro atoms. The first kappa shape index (κ1) is 16.6. The van der Waals surface area contributed by atoms with Crippen molar-refractivity contribution in [1.29, 1.82) is 0 Å². The zero-order valence-corrected chi connectivity index (χ0v) is 14.4. The van der Waals surface area contributed by atoms with Crippen LogP contribution in [0, 0.1) is 13.8 Å². The van der Waals surface area contributed by atoms with Gasteiger partial charge in [0.2, 0.25) is 10.0 Å². The highest BCUT2D eigenvalue weighted by Crippen LogP contribution is 2.20. The van der Waals surface area contributed by atoms with Gasteiger partial charge in [0.1, 0.15) is 0 Å². The van der Waals surface area contributed by atoms with Crippen molar-refractivity contribution in [2.75, 3.05) is 19.4 Å². The minimum absolute atomic E-state index is 0.0866. The van der Waals surface area contributed by atoms with E-state index < -0.39 is 10.0 Å². The highest BCUT2D eigenvalue weighted by Gasteiger charge is 2.20. The van der Waals surface area contributed by atoms with Crippen LogP contribution in [-0.4, -0.2) is 37.7 Å². The van der Waals surface area contributed by atoms with Crippen molar-refractivity contribution in [3.63, 3.8) is 0 Å². The fraction of sp³-hybridized carbons (Fsp3) is 0.286. The first-order valence-corrected chi connectivity index (χ1v) is 8.80. The lowest BCUT2D eigenvalue weighted by Gasteiger charge is -2.13. The average molecular weight is 339 g/mol. The largest absolute Gasteiger partial charge is 0.298 e. The molecule has 0 aliphatic heterocycles. The number of nitrogens with zero attached hydrogens (tertiary/aromatic N) is 2. The highest BCUT2D eigenvalue weighted by molar-refractivity contribution is 7.89. The maximum atomic E-state index is 12.3. The number of rotatable bonds is 4. The Morgan fingerprint density at radius 1 is 1.27 bits per heavy atom. The van der Waals surface area contributed by atoms with Crippen LogP contribution in [0.15, 0.2) is 28.5 Å². The quantitative estimate of drug-likeness (QED) is 0.927. The van der Waals surface area contributed by atoms with Gasteiger partial charge in [-0.25, -0.2) is 17.7 Å². The molecule has 6 nitrogen and oxygen atoms in total. The summed E-state index contributed by atoms with van der Waals surface area (Å²) >= 11 is 1.32. The van der Waals surface area contributed by atoms with Crippen molar-refractivity contribution >= 4 is 32.4 Å². The molecule has 0 aliphatic carbocycles. The first-order chi connectivity index (χ1) is 10.2. The molecule has 0 saturated carbocycles. The van der Waals surface area contributed by atoms with Gasteiger partial charge in [-0.3, -0.25) is 10.1 Å². The van der Waals surface area contributed by atoms with Crippen LogP contribution in [0.3, 0.4) is 0 Å². The van der Waals surface area contributed by atoms with E-state index in [9.17, 15) is 13.2 Å². The summed E-state index contributed by atoms with van der Waals surface area (Å²) in [4.78, 5) is 16.6. The van der Waals surface area contributed by atoms with Crippen molar-refractivity contribution in [2.24, 2.45) is 0 Å². The molecule has 0 fully saturated rings. The minimum atomic E-state index is -3.58. The van der Waals surface area contributed by atoms with E-state index in [1.807, 2.05) is 12.3 Å². The lowest BCUT2D eigenvalue weighted by Crippen LogP contribution is -2.23. The number of nitrogens with one attached hydrogen (secondary N) is 1. The van der Waals surface area contributed by atoms with E-state index in [4.69, 9.17) is 0 Å². The van der Waals surface area contributed by atoms with Crippen LogP contribution in [0.4, 0.5) is 5.13 Å². The Balaban J connectivity index is 2.36. The Kier molecular flexibility index (Phi) is 4.64. The van der Waals surface area contributed by atoms with Crippen LogP contribution in [0.25, 0.3) is 0 Å². The number of amides is 1. The molecule has 0 atom stereocenters. The molecule has 1 heterocycles. The van der Waals surface area contributed by atoms with Crippen LogP contribution >= 0.6 is 11.3 Å². The van der Waals surface area contributed by atoms with E-state index in [0.717, 1.165) is 10.00 Å². The minimum Gasteiger partial charge on any atom is -0.298 e. The Morgan fingerprint density at radius 3 is 2.50 bits per heavy atom. The molecule has 0 radical (unpaired) electrons. The molecule has 0 bridgehead atoms. The summed E-state index contributed by atoms with van der Waals surface area (Å²) in [5, 5.41) is 5.01. The third-order valence-corrected chi connectivity index (χ3v) is 5.76. The second kappa shape index (κ2) is 6.15. The van der Waals surface area contributed by atoms with E-state index in [2.05, 4.69) is 10.3 Å². The fourth-order valence-corrected chi connectivity index (χ4v) is 3.40. The number of aromatic nitrogens is 1. The van der Waals surface area contributed by atoms with Crippen molar-refractivity contribution in [2.45, 2.75) is 18.7 Å². The van der Waals surface area contributed by atoms with Crippen LogP contribution in [0.5, 0.6) is 0 Å². The lowest BCUT2D eigenvalue weighted by molar-refractivity contribution is 0.102. The highest BCUT2D eigenvalue weighted by atomic mass is 32.2. The predicted molar refractivity (Wildman–Crippen MR) is 86.9 cm³/mol. The smallest absolute Gasteiger partial charge is 0.257 e. The number of carbonyl (C=O) groups is 1. The molecule has 1 amide bonds. The van der Waals surface area contributed by atoms with Crippen molar-refractivity contribution in [3.05, 3.63) is 40.4 Å². The molecule has 0 saturated heterocycles. The monoisotopic (exact) mass is 339 g/mol. The number of hydrogen-bond acceptors (Lipinski definition) is 5. The first-order valence-electron chi connectivity index (χ1n) is 6.48. The predicted octanol–water partition coefficient (Wildman–Crippen LogP) is 2.26. The summed E-state index contributed by atoms with van der Waals surface area (Å²) in [5.41, 5.74) is 1.83. The molecule has 2 rings (SSSR count). The van der Waals surface area contributed by atoms with Gasteiger partial charge in [-0.2, -0.15) is 0 Å². The number of carbonyl (C=O) groups excluding carboxylic acids is 1. The molecular weight excluding hydrogens is 322 g/mol. The fourth-order valence-electron chi connectivity index (χ4n) is 1.79. The topological polar surface area (TPSA) is 79.4 Å². The molecule has 2 aromatic rings. The van der Waals surface area contributed by atoms with Gasteiger partial charge >= 0.3 is 0 Å². The Bertz CT molecular complexity index is 810. The molecule has 0 aliphatic rings. The Hall–Kier alpha value is -1.77. The van der Waals surface area contributed by atoms with Gasteiger partial charge in [-0.15, -0.1) is 11.3 Å². The van der Waals surface area contributed by atoms with E-state index >= 15 is 0 Å². The molecule has 8 heteroatoms. The molecule has 1 N–H and O–H groups in total. The average Bonchev–Trinajstić information content (AvgIpc) is 2.84. The third kappa shape index (κ3) is 3.34. The van der Waals surface area contributed by atoms with Gasteiger partial charge in [-0.05, 0) is 31.5 Å². The standard InChI is InChI=1S/C14H17N3O3S2/c1-9-5-6-11(22(19,20)17(3)4)7-12(9)13(18)16-14-15-10(2)8-21-14/h5-8H,1-4H3,(H,15,16,18). The third-order valence-electron chi connectivity index (χ3n) is 3.07. The van der Waals surface area contributed by atoms with Gasteiger partial charge in [0.05, 0.1) is 10.6 Å². The van der Waals surface area contributed by atoms with Gasteiger partial charge < -0.3 is 0 Å². The molecule has 1 aromatic carbocycles. The number of hydrogen-bond donors (Lipinski definition) is 1. The van der Waals surface area contributed by atoms with Crippen molar-refractivity contribution in [3.8, 4) is 0 Å². The molecule has 0 unspecified atom stereocenters. The SMILES string of the molecule is Cc1csc(NC(=O)c2cc(S(=O)(=O)N(C)C)ccc2C)n1. The Labute approximate surface area is 133 Å². The maximum absolute atomic E-state index is 12.3. The zero-order chi connectivity index (χ0) is 16.5. The number of aryl methyl sites for hydroxylation is 2. The summed E-state index contributed by atoms with van der Waals surface area (Å²) in [5.74, 6) is -0.373. The van der Waals surface area contributed by atoms with Gasteiger partial charge in [0, 0.05) is 25.0 Å². The van der Waals surface area contributed by atoms with Crippen LogP contribution in [0.2, 0.25) is 0 Å². The van der Waals surface area contributed by atoms with Gasteiger partial charge in [0.25, 0.3) is 5.91 Å². The summed E-state index contributed by atoms with van der Waals surface area (Å²) in [7, 11) is -0.675. The maximum Gasteiger partial charge on any atom is 0.257 e. The summed E-state index contributed by atoms with van der Waals surface area (Å²) in [6, 6.07) is 4.51. The van der Waals surface area contributed by atoms with Gasteiger partial charge in [-0.1, -0.05) is 6.07 Å². The van der Waals surface area contributed by atoms with E-state index in [1.54, 1.807) is 13.0 Å². The van der Waals surface area contributed by atoms with E-state index in [0.29, 0.717) is 16.3 Å². The van der Waals surface area contributed by atoms with Crippen LogP contribution in [-0.2, 0) is 10.0 Å². The van der Waals surface area contributed by atoms with Gasteiger partial charge in [0.15, 0.2) is 5.13 Å². The second-order valence-corrected chi connectivity index (χ2v) is 8.02. The van der Waals surface area contributed by atoms with Crippen molar-refractivity contribution < 1.29 is 13.2 Å². The summed E-state index contributed by atoms with van der Waals surface area (Å²) in [6.45, 7) is 3.59. The molecular formula is C14H17N3O3S2. The zero-order valence-electron chi connectivity index (χ0n) is 12.7. The molecule has 22 heavy (non-hydrogen) atoms. The number of benzene rings is 1. The van der Waals surface area contributed by atoms with Crippen LogP contribution < -0.4 is 5.32 Å². The number of sulfonamides is 1. The second-order valence-electron chi connectivity index (χ2n) is 5.01. The van der Waals surface area contributed by atoms with Crippen LogP contribution in [0.1, 0.15) is 21.6 Å². The number of thiazole rings is 1. The lowest BCUT2D eigenvalue weighted by atomic mass is 10.1. The van der Waals surface area contributed by atoms with E-state index in [1.165, 1.54) is 37.6 Å². The van der Waals surface area contributed by atoms with E-state index in [-0.39, 0.29) is 10.8 Å². The summed E-state index contributed by atoms with van der Waals surface area (Å²) in [6.07, 6.45) is 0. The Morgan fingerprint density at radius 2 is 1.95 bits per heavy atom. The van der Waals surface area contributed by atoms with Crippen molar-refractivity contribution in [1.82, 2.24) is 9.29 Å². The molecule has 1 aromatic heterocycles. The molecule has 118 valence electrons. The number of anilines is 1. The summed E-state index contributed by atoms with van der Waals surface area (Å²) < 4.78 is 25.4. The normalized spacial score (nSPS) is 11.7.